The summed E-state index contributed by atoms with van der Waals surface area (Å²) in [5.41, 5.74) is 0. The number of allylic oxidation sites excluding steroid dienone is 1. The van der Waals surface area contributed by atoms with Gasteiger partial charge in [0.05, 0.1) is 6.61 Å². The summed E-state index contributed by atoms with van der Waals surface area (Å²) in [6.45, 7) is 4.66. The summed E-state index contributed by atoms with van der Waals surface area (Å²) in [5, 5.41) is 8.95. The van der Waals surface area contributed by atoms with Crippen molar-refractivity contribution in [2.24, 2.45) is 0 Å². The van der Waals surface area contributed by atoms with Gasteiger partial charge in [-0.1, -0.05) is 58.1 Å². The molecule has 0 bridgehead atoms. The number of hydrogen-bond donors (Lipinski definition) is 1. The number of hydrogen-bond acceptors (Lipinski definition) is 2. The van der Waals surface area contributed by atoms with Crippen molar-refractivity contribution in [1.29, 1.82) is 0 Å². The van der Waals surface area contributed by atoms with E-state index in [1.807, 2.05) is 6.08 Å². The van der Waals surface area contributed by atoms with Gasteiger partial charge in [0.2, 0.25) is 0 Å². The van der Waals surface area contributed by atoms with Crippen LogP contribution in [0.1, 0.15) is 65.2 Å². The van der Waals surface area contributed by atoms with E-state index < -0.39 is 12.1 Å². The summed E-state index contributed by atoms with van der Waals surface area (Å²) < 4.78 is 5.35. The molecule has 0 spiro atoms. The molecule has 18 heavy (non-hydrogen) atoms. The fourth-order valence-corrected chi connectivity index (χ4v) is 1.71. The van der Waals surface area contributed by atoms with Gasteiger partial charge in [-0.05, 0) is 19.3 Å². The predicted molar refractivity (Wildman–Crippen MR) is 74.8 cm³/mol. The molecule has 0 aliphatic rings. The van der Waals surface area contributed by atoms with Crippen LogP contribution in [0.15, 0.2) is 12.2 Å². The molecule has 1 unspecified atom stereocenters. The summed E-state index contributed by atoms with van der Waals surface area (Å²) in [4.78, 5) is 10.9. The minimum Gasteiger partial charge on any atom is -0.479 e. The maximum absolute atomic E-state index is 10.9. The van der Waals surface area contributed by atoms with Crippen molar-refractivity contribution in [3.05, 3.63) is 12.2 Å². The zero-order valence-corrected chi connectivity index (χ0v) is 11.9. The largest absolute Gasteiger partial charge is 0.479 e. The summed E-state index contributed by atoms with van der Waals surface area (Å²) in [7, 11) is 0. The Morgan fingerprint density at radius 3 is 2.44 bits per heavy atom. The maximum Gasteiger partial charge on any atom is 0.332 e. The Morgan fingerprint density at radius 2 is 1.83 bits per heavy atom. The van der Waals surface area contributed by atoms with E-state index in [4.69, 9.17) is 9.84 Å². The van der Waals surface area contributed by atoms with Gasteiger partial charge >= 0.3 is 5.97 Å². The molecular weight excluding hydrogens is 228 g/mol. The van der Waals surface area contributed by atoms with Crippen molar-refractivity contribution in [2.45, 2.75) is 71.3 Å². The molecule has 0 rings (SSSR count). The van der Waals surface area contributed by atoms with Crippen molar-refractivity contribution in [3.8, 4) is 0 Å². The van der Waals surface area contributed by atoms with Crippen LogP contribution in [-0.2, 0) is 9.53 Å². The molecule has 0 saturated carbocycles. The lowest BCUT2D eigenvalue weighted by atomic mass is 10.1. The van der Waals surface area contributed by atoms with Crippen molar-refractivity contribution in [3.63, 3.8) is 0 Å². The van der Waals surface area contributed by atoms with E-state index in [-0.39, 0.29) is 0 Å². The number of carboxylic acid groups (broad SMARTS) is 1. The minimum absolute atomic E-state index is 0.411. The number of aliphatic carboxylic acids is 1. The molecule has 0 aromatic heterocycles. The Bertz CT molecular complexity index is 224. The smallest absolute Gasteiger partial charge is 0.332 e. The summed E-state index contributed by atoms with van der Waals surface area (Å²) in [6, 6.07) is 0. The molecule has 0 aliphatic heterocycles. The molecule has 3 nitrogen and oxygen atoms in total. The number of ether oxygens (including phenoxy) is 1. The summed E-state index contributed by atoms with van der Waals surface area (Å²) >= 11 is 0. The molecule has 1 N–H and O–H groups in total. The van der Waals surface area contributed by atoms with Crippen molar-refractivity contribution >= 4 is 5.97 Å². The van der Waals surface area contributed by atoms with E-state index in [0.29, 0.717) is 13.0 Å². The second-order valence-corrected chi connectivity index (χ2v) is 4.62. The van der Waals surface area contributed by atoms with Crippen LogP contribution < -0.4 is 0 Å². The summed E-state index contributed by atoms with van der Waals surface area (Å²) in [5.74, 6) is -0.847. The molecular formula is C15H28O3. The monoisotopic (exact) mass is 256 g/mol. The normalized spacial score (nSPS) is 13.0. The third-order valence-corrected chi connectivity index (χ3v) is 2.88. The third kappa shape index (κ3) is 10.3. The Labute approximate surface area is 111 Å². The second kappa shape index (κ2) is 12.6. The average Bonchev–Trinajstić information content (AvgIpc) is 2.35. The zero-order chi connectivity index (χ0) is 13.6. The molecule has 0 heterocycles. The molecule has 0 fully saturated rings. The van der Waals surface area contributed by atoms with Gasteiger partial charge in [0, 0.05) is 0 Å². The topological polar surface area (TPSA) is 46.5 Å². The number of carboxylic acids is 1. The molecule has 106 valence electrons. The van der Waals surface area contributed by atoms with Gasteiger partial charge in [0.15, 0.2) is 6.10 Å². The molecule has 0 amide bonds. The lowest BCUT2D eigenvalue weighted by Crippen LogP contribution is -2.23. The zero-order valence-electron chi connectivity index (χ0n) is 11.9. The van der Waals surface area contributed by atoms with E-state index in [9.17, 15) is 4.79 Å². The standard InChI is InChI=1S/C15H28O3/c1-3-5-7-8-9-10-11-13-18-14(15(16)17)12-6-4-2/h10-11,14H,3-9,12-13H2,1-2H3,(H,16,17)/b11-10+. The number of unbranched alkanes of at least 4 members (excludes halogenated alkanes) is 5. The van der Waals surface area contributed by atoms with E-state index in [1.54, 1.807) is 0 Å². The van der Waals surface area contributed by atoms with Crippen LogP contribution in [0, 0.1) is 0 Å². The molecule has 0 aromatic rings. The first-order chi connectivity index (χ1) is 8.72. The van der Waals surface area contributed by atoms with Crippen LogP contribution in [-0.4, -0.2) is 23.8 Å². The quantitative estimate of drug-likeness (QED) is 0.421. The van der Waals surface area contributed by atoms with Gasteiger partial charge in [-0.25, -0.2) is 4.79 Å². The molecule has 3 heteroatoms. The van der Waals surface area contributed by atoms with Gasteiger partial charge < -0.3 is 9.84 Å². The molecule has 1 atom stereocenters. The minimum atomic E-state index is -0.847. The van der Waals surface area contributed by atoms with Crippen LogP contribution >= 0.6 is 0 Å². The fraction of sp³-hybridized carbons (Fsp3) is 0.800. The molecule has 0 aliphatic carbocycles. The highest BCUT2D eigenvalue weighted by Gasteiger charge is 2.15. The Kier molecular flexibility index (Phi) is 12.0. The average molecular weight is 256 g/mol. The second-order valence-electron chi connectivity index (χ2n) is 4.62. The number of carbonyl (C=O) groups is 1. The molecule has 0 radical (unpaired) electrons. The van der Waals surface area contributed by atoms with Gasteiger partial charge in [-0.3, -0.25) is 0 Å². The predicted octanol–water partition coefficient (Wildman–Crippen LogP) is 4.17. The van der Waals surface area contributed by atoms with Crippen LogP contribution in [0.3, 0.4) is 0 Å². The molecule has 0 saturated heterocycles. The highest BCUT2D eigenvalue weighted by atomic mass is 16.5. The van der Waals surface area contributed by atoms with E-state index in [0.717, 1.165) is 19.3 Å². The van der Waals surface area contributed by atoms with E-state index in [1.165, 1.54) is 25.7 Å². The first kappa shape index (κ1) is 17.2. The lowest BCUT2D eigenvalue weighted by molar-refractivity contribution is -0.150. The van der Waals surface area contributed by atoms with Crippen molar-refractivity contribution in [2.75, 3.05) is 6.61 Å². The highest BCUT2D eigenvalue weighted by Crippen LogP contribution is 2.06. The highest BCUT2D eigenvalue weighted by molar-refractivity contribution is 5.72. The Balaban J connectivity index is 3.58. The summed E-state index contributed by atoms with van der Waals surface area (Å²) in [6.07, 6.45) is 12.0. The number of rotatable bonds is 12. The van der Waals surface area contributed by atoms with E-state index >= 15 is 0 Å². The van der Waals surface area contributed by atoms with Crippen LogP contribution in [0.25, 0.3) is 0 Å². The maximum atomic E-state index is 10.9. The van der Waals surface area contributed by atoms with Gasteiger partial charge in [-0.2, -0.15) is 0 Å². The van der Waals surface area contributed by atoms with E-state index in [2.05, 4.69) is 19.9 Å². The first-order valence-electron chi connectivity index (χ1n) is 7.21. The fourth-order valence-electron chi connectivity index (χ4n) is 1.71. The van der Waals surface area contributed by atoms with Crippen molar-refractivity contribution in [1.82, 2.24) is 0 Å². The van der Waals surface area contributed by atoms with Gasteiger partial charge in [-0.15, -0.1) is 0 Å². The van der Waals surface area contributed by atoms with Crippen LogP contribution in [0.4, 0.5) is 0 Å². The lowest BCUT2D eigenvalue weighted by Gasteiger charge is -2.11. The van der Waals surface area contributed by atoms with Gasteiger partial charge in [0.1, 0.15) is 0 Å². The Morgan fingerprint density at radius 1 is 1.11 bits per heavy atom. The van der Waals surface area contributed by atoms with Crippen LogP contribution in [0.5, 0.6) is 0 Å². The van der Waals surface area contributed by atoms with Crippen LogP contribution in [0.2, 0.25) is 0 Å². The third-order valence-electron chi connectivity index (χ3n) is 2.88. The van der Waals surface area contributed by atoms with Crippen molar-refractivity contribution < 1.29 is 14.6 Å². The van der Waals surface area contributed by atoms with Gasteiger partial charge in [0.25, 0.3) is 0 Å². The Hall–Kier alpha value is -0.830. The first-order valence-corrected chi connectivity index (χ1v) is 7.21. The molecule has 0 aromatic carbocycles. The SMILES string of the molecule is CCCCCC/C=C/COC(CCCC)C(=O)O.